The molecule has 0 spiro atoms. The lowest BCUT2D eigenvalue weighted by Crippen LogP contribution is -2.00. The number of aliphatic carboxylic acids is 1. The van der Waals surface area contributed by atoms with Crippen LogP contribution in [0.1, 0.15) is 5.69 Å². The van der Waals surface area contributed by atoms with E-state index in [9.17, 15) is 4.79 Å². The van der Waals surface area contributed by atoms with Crippen LogP contribution in [0.5, 0.6) is 0 Å². The second-order valence-corrected chi connectivity index (χ2v) is 2.90. The molecule has 2 rings (SSSR count). The summed E-state index contributed by atoms with van der Waals surface area (Å²) in [6.45, 7) is 0. The molecule has 0 atom stereocenters. The van der Waals surface area contributed by atoms with Crippen LogP contribution in [0, 0.1) is 0 Å². The Hall–Kier alpha value is -2.11. The van der Waals surface area contributed by atoms with Crippen LogP contribution in [-0.4, -0.2) is 25.7 Å². The van der Waals surface area contributed by atoms with Crippen LogP contribution in [0.2, 0.25) is 0 Å². The lowest BCUT2D eigenvalue weighted by atomic mass is 10.3. The van der Waals surface area contributed by atoms with E-state index in [4.69, 9.17) is 10.8 Å². The lowest BCUT2D eigenvalue weighted by molar-refractivity contribution is -0.136. The number of hydrogen-bond acceptors (Lipinski definition) is 4. The van der Waals surface area contributed by atoms with Crippen LogP contribution >= 0.6 is 0 Å². The number of anilines is 1. The summed E-state index contributed by atoms with van der Waals surface area (Å²) in [5.74, 6) is -0.915. The van der Waals surface area contributed by atoms with Gasteiger partial charge < -0.3 is 10.8 Å². The largest absolute Gasteiger partial charge is 0.481 e. The Morgan fingerprint density at radius 2 is 2.43 bits per heavy atom. The molecule has 0 aliphatic heterocycles. The molecule has 2 aromatic heterocycles. The Morgan fingerprint density at radius 3 is 3.14 bits per heavy atom. The highest BCUT2D eigenvalue weighted by atomic mass is 16.4. The van der Waals surface area contributed by atoms with E-state index in [1.165, 1.54) is 10.7 Å². The van der Waals surface area contributed by atoms with Gasteiger partial charge in [-0.25, -0.2) is 9.50 Å². The van der Waals surface area contributed by atoms with E-state index in [0.29, 0.717) is 17.0 Å². The molecule has 6 heteroatoms. The number of nitrogen functional groups attached to an aromatic ring is 1. The van der Waals surface area contributed by atoms with Gasteiger partial charge in [-0.05, 0) is 0 Å². The third kappa shape index (κ3) is 1.49. The second kappa shape index (κ2) is 2.99. The molecule has 0 unspecified atom stereocenters. The van der Waals surface area contributed by atoms with Crippen LogP contribution in [0.4, 0.5) is 5.69 Å². The number of nitrogens with two attached hydrogens (primary N) is 1. The first-order chi connectivity index (χ1) is 6.65. The van der Waals surface area contributed by atoms with E-state index in [-0.39, 0.29) is 6.42 Å². The molecule has 14 heavy (non-hydrogen) atoms. The normalized spacial score (nSPS) is 10.6. The van der Waals surface area contributed by atoms with Crippen LogP contribution in [0.3, 0.4) is 0 Å². The van der Waals surface area contributed by atoms with Crippen molar-refractivity contribution in [2.45, 2.75) is 6.42 Å². The summed E-state index contributed by atoms with van der Waals surface area (Å²) in [4.78, 5) is 14.4. The van der Waals surface area contributed by atoms with Gasteiger partial charge >= 0.3 is 5.97 Å². The second-order valence-electron chi connectivity index (χ2n) is 2.90. The van der Waals surface area contributed by atoms with Crippen LogP contribution < -0.4 is 5.73 Å². The highest BCUT2D eigenvalue weighted by Gasteiger charge is 2.06. The number of fused-ring (bicyclic) bond motifs is 1. The summed E-state index contributed by atoms with van der Waals surface area (Å²) in [7, 11) is 0. The molecule has 72 valence electrons. The van der Waals surface area contributed by atoms with Gasteiger partial charge in [-0.3, -0.25) is 4.79 Å². The van der Waals surface area contributed by atoms with Crippen molar-refractivity contribution in [2.24, 2.45) is 0 Å². The monoisotopic (exact) mass is 192 g/mol. The molecule has 2 aromatic rings. The van der Waals surface area contributed by atoms with E-state index >= 15 is 0 Å². The maximum absolute atomic E-state index is 10.4. The highest BCUT2D eigenvalue weighted by Crippen LogP contribution is 2.06. The van der Waals surface area contributed by atoms with Gasteiger partial charge in [-0.2, -0.15) is 5.10 Å². The van der Waals surface area contributed by atoms with E-state index in [2.05, 4.69) is 10.1 Å². The zero-order valence-corrected chi connectivity index (χ0v) is 7.21. The molecule has 0 fully saturated rings. The van der Waals surface area contributed by atoms with Crippen LogP contribution in [0.25, 0.3) is 5.65 Å². The average molecular weight is 192 g/mol. The Bertz CT molecular complexity index is 491. The molecule has 0 aliphatic rings. The maximum Gasteiger partial charge on any atom is 0.309 e. The number of carboxylic acids is 1. The fraction of sp³-hybridized carbons (Fsp3) is 0.125. The smallest absolute Gasteiger partial charge is 0.309 e. The van der Waals surface area contributed by atoms with E-state index in [1.54, 1.807) is 12.3 Å². The van der Waals surface area contributed by atoms with Crippen molar-refractivity contribution >= 4 is 17.3 Å². The number of nitrogens with zero attached hydrogens (tertiary/aromatic N) is 3. The van der Waals surface area contributed by atoms with Gasteiger partial charge in [-0.1, -0.05) is 0 Å². The molecule has 0 saturated carbocycles. The number of hydrogen-bond donors (Lipinski definition) is 2. The van der Waals surface area contributed by atoms with E-state index in [0.717, 1.165) is 0 Å². The Labute approximate surface area is 79.0 Å². The molecule has 0 amide bonds. The highest BCUT2D eigenvalue weighted by molar-refractivity contribution is 5.70. The molecular formula is C8H8N4O2. The quantitative estimate of drug-likeness (QED) is 0.695. The minimum absolute atomic E-state index is 0.108. The number of aromatic nitrogens is 3. The van der Waals surface area contributed by atoms with Crippen molar-refractivity contribution in [1.29, 1.82) is 0 Å². The topological polar surface area (TPSA) is 93.5 Å². The summed E-state index contributed by atoms with van der Waals surface area (Å²) in [5, 5.41) is 12.6. The molecule has 0 radical (unpaired) electrons. The third-order valence-corrected chi connectivity index (χ3v) is 1.72. The minimum atomic E-state index is -0.915. The minimum Gasteiger partial charge on any atom is -0.481 e. The molecular weight excluding hydrogens is 184 g/mol. The number of carboxylic acid groups (broad SMARTS) is 1. The fourth-order valence-corrected chi connectivity index (χ4v) is 1.18. The van der Waals surface area contributed by atoms with Crippen molar-refractivity contribution in [3.63, 3.8) is 0 Å². The predicted octanol–water partition coefficient (Wildman–Crippen LogP) is -0.0614. The summed E-state index contributed by atoms with van der Waals surface area (Å²) >= 11 is 0. The van der Waals surface area contributed by atoms with Gasteiger partial charge in [0.1, 0.15) is 0 Å². The SMILES string of the molecule is Nc1cnc2cc(CC(=O)O)nn2c1. The van der Waals surface area contributed by atoms with Gasteiger partial charge in [0.2, 0.25) is 0 Å². The first kappa shape index (κ1) is 8.49. The zero-order valence-electron chi connectivity index (χ0n) is 7.21. The van der Waals surface area contributed by atoms with Crippen molar-refractivity contribution in [3.05, 3.63) is 24.2 Å². The molecule has 0 aromatic carbocycles. The Kier molecular flexibility index (Phi) is 1.81. The molecule has 0 aliphatic carbocycles. The van der Waals surface area contributed by atoms with Crippen molar-refractivity contribution in [2.75, 3.05) is 5.73 Å². The summed E-state index contributed by atoms with van der Waals surface area (Å²) in [5.41, 5.74) is 7.04. The van der Waals surface area contributed by atoms with Crippen molar-refractivity contribution in [1.82, 2.24) is 14.6 Å². The van der Waals surface area contributed by atoms with Gasteiger partial charge in [0.25, 0.3) is 0 Å². The van der Waals surface area contributed by atoms with Gasteiger partial charge in [0.05, 0.1) is 30.2 Å². The van der Waals surface area contributed by atoms with Gasteiger partial charge in [0.15, 0.2) is 5.65 Å². The Balaban J connectivity index is 2.46. The number of rotatable bonds is 2. The average Bonchev–Trinajstić information content (AvgIpc) is 2.44. The summed E-state index contributed by atoms with van der Waals surface area (Å²) in [6.07, 6.45) is 2.98. The first-order valence-corrected chi connectivity index (χ1v) is 3.97. The summed E-state index contributed by atoms with van der Waals surface area (Å²) < 4.78 is 1.47. The standard InChI is InChI=1S/C8H8N4O2/c9-5-3-10-7-1-6(2-8(13)14)11-12(7)4-5/h1,3-4H,2,9H2,(H,13,14). The molecule has 0 saturated heterocycles. The van der Waals surface area contributed by atoms with E-state index < -0.39 is 5.97 Å². The van der Waals surface area contributed by atoms with Crippen LogP contribution in [0.15, 0.2) is 18.5 Å². The van der Waals surface area contributed by atoms with E-state index in [1.807, 2.05) is 0 Å². The fourth-order valence-electron chi connectivity index (χ4n) is 1.18. The number of carbonyl (C=O) groups is 1. The molecule has 3 N–H and O–H groups in total. The van der Waals surface area contributed by atoms with Crippen molar-refractivity contribution in [3.8, 4) is 0 Å². The van der Waals surface area contributed by atoms with Crippen molar-refractivity contribution < 1.29 is 9.90 Å². The molecule has 6 nitrogen and oxygen atoms in total. The van der Waals surface area contributed by atoms with Gasteiger partial charge in [-0.15, -0.1) is 0 Å². The molecule has 2 heterocycles. The lowest BCUT2D eigenvalue weighted by Gasteiger charge is -1.92. The maximum atomic E-state index is 10.4. The predicted molar refractivity (Wildman–Crippen MR) is 48.7 cm³/mol. The zero-order chi connectivity index (χ0) is 10.1. The first-order valence-electron chi connectivity index (χ1n) is 3.97. The summed E-state index contributed by atoms with van der Waals surface area (Å²) in [6, 6.07) is 1.62. The van der Waals surface area contributed by atoms with Gasteiger partial charge in [0, 0.05) is 6.07 Å². The van der Waals surface area contributed by atoms with Crippen LogP contribution in [-0.2, 0) is 11.2 Å². The molecule has 0 bridgehead atoms. The Morgan fingerprint density at radius 1 is 1.64 bits per heavy atom. The third-order valence-electron chi connectivity index (χ3n) is 1.72.